The summed E-state index contributed by atoms with van der Waals surface area (Å²) in [7, 11) is -5.52. The molecule has 1 saturated heterocycles. The van der Waals surface area contributed by atoms with Gasteiger partial charge < -0.3 is 50.2 Å². The summed E-state index contributed by atoms with van der Waals surface area (Å²) < 4.78 is 27.6. The molecule has 7 atom stereocenters. The van der Waals surface area contributed by atoms with Gasteiger partial charge >= 0.3 is 19.1 Å². The van der Waals surface area contributed by atoms with Gasteiger partial charge in [0.1, 0.15) is 17.8 Å². The lowest BCUT2D eigenvalue weighted by Gasteiger charge is -2.49. The highest BCUT2D eigenvalue weighted by Gasteiger charge is 2.68. The number of unbranched alkanes of at least 4 members (excludes halogenated alkanes) is 15. The summed E-state index contributed by atoms with van der Waals surface area (Å²) in [5, 5.41) is 50.6. The number of aliphatic hydroxyl groups is 4. The Bertz CT molecular complexity index is 844. The Labute approximate surface area is 249 Å². The van der Waals surface area contributed by atoms with Crippen molar-refractivity contribution in [3.63, 3.8) is 0 Å². The maximum Gasteiger partial charge on any atom is 0.390 e. The summed E-state index contributed by atoms with van der Waals surface area (Å²) in [6, 6.07) is 0. The first kappa shape index (κ1) is 38.9. The van der Waals surface area contributed by atoms with Gasteiger partial charge in [-0.2, -0.15) is 0 Å². The summed E-state index contributed by atoms with van der Waals surface area (Å²) in [5.41, 5.74) is -1.02. The molecule has 1 aliphatic rings. The second-order valence-electron chi connectivity index (χ2n) is 11.5. The third-order valence-corrected chi connectivity index (χ3v) is 9.44. The number of hydrogen-bond acceptors (Lipinski definition) is 10. The monoisotopic (exact) mass is 627 g/mol. The van der Waals surface area contributed by atoms with Gasteiger partial charge in [-0.15, -0.1) is 0 Å². The first-order valence-electron chi connectivity index (χ1n) is 15.3. The molecule has 0 aliphatic carbocycles. The molecule has 1 heterocycles. The molecular formula is C28H54NO12P. The van der Waals surface area contributed by atoms with Crippen LogP contribution >= 0.6 is 7.60 Å². The van der Waals surface area contributed by atoms with Crippen molar-refractivity contribution in [1.82, 2.24) is 0 Å². The Morgan fingerprint density at radius 3 is 1.69 bits per heavy atom. The van der Waals surface area contributed by atoms with Crippen LogP contribution in [-0.4, -0.2) is 91.1 Å². The molecule has 1 unspecified atom stereocenters. The minimum Gasteiger partial charge on any atom is -0.479 e. The van der Waals surface area contributed by atoms with Crippen LogP contribution in [0.4, 0.5) is 0 Å². The van der Waals surface area contributed by atoms with Gasteiger partial charge in [0.2, 0.25) is 5.91 Å². The second kappa shape index (κ2) is 19.3. The van der Waals surface area contributed by atoms with E-state index in [0.29, 0.717) is 6.42 Å². The Morgan fingerprint density at radius 2 is 1.29 bits per heavy atom. The van der Waals surface area contributed by atoms with E-state index in [4.69, 9.17) is 19.7 Å². The standard InChI is InChI=1S/C28H54NO12P/c1-3-4-5-6-7-8-9-10-11-12-13-14-15-16-17-18-19-39-21(26(33)34)20-40-42(37,38)28(36)23(31)22(30)27(2,35)24(41-28)25(29)32/h21-24,30-31,35-36H,3-20H2,1-2H3,(H2,29,32)(H,33,34)(H,37,38)/t21-,22-,23-,24-,27+,28-/m1/s1. The van der Waals surface area contributed by atoms with Crippen LogP contribution in [0.15, 0.2) is 0 Å². The molecule has 0 aromatic heterocycles. The van der Waals surface area contributed by atoms with Gasteiger partial charge in [0.15, 0.2) is 12.2 Å². The average molecular weight is 628 g/mol. The molecular weight excluding hydrogens is 573 g/mol. The van der Waals surface area contributed by atoms with Crippen molar-refractivity contribution in [2.75, 3.05) is 13.2 Å². The molecule has 1 amide bonds. The molecule has 1 aliphatic heterocycles. The average Bonchev–Trinajstić information content (AvgIpc) is 2.92. The molecule has 0 aromatic rings. The maximum atomic E-state index is 12.8. The molecule has 248 valence electrons. The number of carboxylic acids is 1. The van der Waals surface area contributed by atoms with E-state index in [9.17, 15) is 44.6 Å². The summed E-state index contributed by atoms with van der Waals surface area (Å²) in [5.74, 6) is -2.91. The van der Waals surface area contributed by atoms with E-state index in [1.54, 1.807) is 0 Å². The zero-order chi connectivity index (χ0) is 31.8. The molecule has 0 aromatic carbocycles. The summed E-state index contributed by atoms with van der Waals surface area (Å²) in [6.45, 7) is 2.12. The number of ether oxygens (including phenoxy) is 2. The largest absolute Gasteiger partial charge is 0.479 e. The van der Waals surface area contributed by atoms with Crippen LogP contribution in [0.3, 0.4) is 0 Å². The van der Waals surface area contributed by atoms with E-state index < -0.39 is 61.6 Å². The molecule has 1 rings (SSSR count). The SMILES string of the molecule is CCCCCCCCCCCCCCCCCCO[C@H](COP(=O)(O)[C@]1(O)O[C@H](C(N)=O)[C@@](C)(O)[C@H](O)[C@H]1O)C(=O)O. The molecule has 1 fully saturated rings. The number of amides is 1. The van der Waals surface area contributed by atoms with E-state index in [1.165, 1.54) is 70.6 Å². The van der Waals surface area contributed by atoms with Gasteiger partial charge in [0.05, 0.1) is 6.61 Å². The van der Waals surface area contributed by atoms with Crippen molar-refractivity contribution >= 4 is 19.5 Å². The predicted octanol–water partition coefficient (Wildman–Crippen LogP) is 2.92. The number of carbonyl (C=O) groups excluding carboxylic acids is 1. The number of carboxylic acid groups (broad SMARTS) is 1. The van der Waals surface area contributed by atoms with Gasteiger partial charge in [-0.25, -0.2) is 4.79 Å². The first-order chi connectivity index (χ1) is 19.7. The highest BCUT2D eigenvalue weighted by Crippen LogP contribution is 2.59. The van der Waals surface area contributed by atoms with Gasteiger partial charge in [-0.05, 0) is 13.3 Å². The fourth-order valence-corrected chi connectivity index (χ4v) is 6.19. The number of rotatable bonds is 24. The molecule has 8 N–H and O–H groups in total. The lowest BCUT2D eigenvalue weighted by atomic mass is 9.85. The van der Waals surface area contributed by atoms with Crippen molar-refractivity contribution in [1.29, 1.82) is 0 Å². The van der Waals surface area contributed by atoms with Crippen molar-refractivity contribution in [2.45, 2.75) is 152 Å². The number of carbonyl (C=O) groups is 2. The Morgan fingerprint density at radius 1 is 0.857 bits per heavy atom. The second-order valence-corrected chi connectivity index (χ2v) is 13.4. The highest BCUT2D eigenvalue weighted by atomic mass is 31.2. The Hall–Kier alpha value is -1.15. The van der Waals surface area contributed by atoms with Crippen LogP contribution in [-0.2, 0) is 28.2 Å². The van der Waals surface area contributed by atoms with Gasteiger partial charge in [0, 0.05) is 6.61 Å². The fraction of sp³-hybridized carbons (Fsp3) is 0.929. The lowest BCUT2D eigenvalue weighted by Crippen LogP contribution is -2.71. The van der Waals surface area contributed by atoms with Crippen LogP contribution in [0.5, 0.6) is 0 Å². The topological polar surface area (TPSA) is 226 Å². The minimum atomic E-state index is -5.52. The third kappa shape index (κ3) is 12.1. The summed E-state index contributed by atoms with van der Waals surface area (Å²) >= 11 is 0. The van der Waals surface area contributed by atoms with E-state index >= 15 is 0 Å². The zero-order valence-corrected chi connectivity index (χ0v) is 26.1. The predicted molar refractivity (Wildman–Crippen MR) is 154 cm³/mol. The van der Waals surface area contributed by atoms with Gasteiger partial charge in [0.25, 0.3) is 0 Å². The molecule has 13 nitrogen and oxygen atoms in total. The molecule has 0 saturated carbocycles. The van der Waals surface area contributed by atoms with Crippen LogP contribution in [0, 0.1) is 0 Å². The number of aliphatic carboxylic acids is 1. The van der Waals surface area contributed by atoms with Crippen LogP contribution < -0.4 is 5.73 Å². The van der Waals surface area contributed by atoms with Crippen LogP contribution in [0.1, 0.15) is 117 Å². The number of primary amides is 1. The number of nitrogens with two attached hydrogens (primary N) is 1. The van der Waals surface area contributed by atoms with E-state index in [2.05, 4.69) is 6.92 Å². The summed E-state index contributed by atoms with van der Waals surface area (Å²) in [6.07, 6.45) is 10.1. The zero-order valence-electron chi connectivity index (χ0n) is 25.2. The van der Waals surface area contributed by atoms with E-state index in [1.807, 2.05) is 0 Å². The fourth-order valence-electron chi connectivity index (χ4n) is 4.95. The lowest BCUT2D eigenvalue weighted by molar-refractivity contribution is -0.329. The summed E-state index contributed by atoms with van der Waals surface area (Å²) in [4.78, 5) is 33.5. The van der Waals surface area contributed by atoms with E-state index in [0.717, 1.165) is 32.6 Å². The van der Waals surface area contributed by atoms with Crippen molar-refractivity contribution in [2.24, 2.45) is 5.73 Å². The highest BCUT2D eigenvalue weighted by molar-refractivity contribution is 7.54. The van der Waals surface area contributed by atoms with Crippen LogP contribution in [0.2, 0.25) is 0 Å². The smallest absolute Gasteiger partial charge is 0.390 e. The van der Waals surface area contributed by atoms with Crippen LogP contribution in [0.25, 0.3) is 0 Å². The minimum absolute atomic E-state index is 0.0449. The quantitative estimate of drug-likeness (QED) is 0.0606. The number of aliphatic hydroxyl groups excluding tert-OH is 2. The molecule has 14 heteroatoms. The Kier molecular flexibility index (Phi) is 17.8. The normalized spacial score (nSPS) is 28.3. The van der Waals surface area contributed by atoms with Gasteiger partial charge in [-0.3, -0.25) is 9.36 Å². The van der Waals surface area contributed by atoms with Crippen molar-refractivity contribution in [3.05, 3.63) is 0 Å². The molecule has 42 heavy (non-hydrogen) atoms. The number of hydrogen-bond donors (Lipinski definition) is 7. The van der Waals surface area contributed by atoms with Gasteiger partial charge in [-0.1, -0.05) is 103 Å². The molecule has 0 radical (unpaired) electrons. The van der Waals surface area contributed by atoms with Crippen molar-refractivity contribution < 1.29 is 58.6 Å². The van der Waals surface area contributed by atoms with E-state index in [-0.39, 0.29) is 6.61 Å². The Balaban J connectivity index is 2.31. The third-order valence-electron chi connectivity index (χ3n) is 7.76. The first-order valence-corrected chi connectivity index (χ1v) is 16.9. The van der Waals surface area contributed by atoms with Crippen molar-refractivity contribution in [3.8, 4) is 0 Å². The molecule has 0 bridgehead atoms. The molecule has 0 spiro atoms. The maximum absolute atomic E-state index is 12.8.